The third-order valence-corrected chi connectivity index (χ3v) is 3.74. The number of benzene rings is 1. The van der Waals surface area contributed by atoms with E-state index in [9.17, 15) is 4.79 Å². The highest BCUT2D eigenvalue weighted by Gasteiger charge is 2.18. The van der Waals surface area contributed by atoms with Crippen LogP contribution in [-0.4, -0.2) is 56.9 Å². The molecule has 0 spiro atoms. The van der Waals surface area contributed by atoms with Crippen molar-refractivity contribution in [1.29, 1.82) is 0 Å². The molecule has 3 rings (SSSR count). The number of nitrogens with zero attached hydrogens (tertiary/aromatic N) is 1. The van der Waals surface area contributed by atoms with Gasteiger partial charge in [-0.3, -0.25) is 4.79 Å². The maximum atomic E-state index is 12.1. The zero-order chi connectivity index (χ0) is 14.7. The van der Waals surface area contributed by atoms with Gasteiger partial charge >= 0.3 is 0 Å². The first-order valence-corrected chi connectivity index (χ1v) is 7.30. The maximum absolute atomic E-state index is 12.1. The highest BCUT2D eigenvalue weighted by molar-refractivity contribution is 6.33. The summed E-state index contributed by atoms with van der Waals surface area (Å²) < 4.78 is 16.2. The second kappa shape index (κ2) is 6.41. The van der Waals surface area contributed by atoms with E-state index in [0.29, 0.717) is 61.7 Å². The molecule has 0 atom stereocenters. The van der Waals surface area contributed by atoms with E-state index >= 15 is 0 Å². The lowest BCUT2D eigenvalue weighted by molar-refractivity contribution is -0.133. The molecule has 114 valence electrons. The van der Waals surface area contributed by atoms with Crippen LogP contribution in [0.5, 0.6) is 11.5 Å². The Morgan fingerprint density at radius 2 is 1.81 bits per heavy atom. The molecule has 0 radical (unpaired) electrons. The number of amides is 1. The quantitative estimate of drug-likeness (QED) is 0.914. The molecule has 0 unspecified atom stereocenters. The Morgan fingerprint density at radius 3 is 2.52 bits per heavy atom. The van der Waals surface area contributed by atoms with Gasteiger partial charge in [0.25, 0.3) is 0 Å². The Hall–Kier alpha value is -1.66. The van der Waals surface area contributed by atoms with Crippen LogP contribution in [0, 0.1) is 0 Å². The zero-order valence-electron chi connectivity index (χ0n) is 11.6. The Morgan fingerprint density at radius 1 is 1.14 bits per heavy atom. The molecule has 0 aromatic heterocycles. The molecule has 7 heteroatoms. The molecule has 1 N–H and O–H groups in total. The third kappa shape index (κ3) is 3.33. The monoisotopic (exact) mass is 312 g/mol. The van der Waals surface area contributed by atoms with E-state index in [-0.39, 0.29) is 12.5 Å². The summed E-state index contributed by atoms with van der Waals surface area (Å²) in [5.74, 6) is 1.31. The van der Waals surface area contributed by atoms with Gasteiger partial charge in [0.2, 0.25) is 5.91 Å². The Bertz CT molecular complexity index is 532. The van der Waals surface area contributed by atoms with Crippen molar-refractivity contribution in [1.82, 2.24) is 4.90 Å². The summed E-state index contributed by atoms with van der Waals surface area (Å²) in [6.07, 6.45) is 0. The van der Waals surface area contributed by atoms with Crippen LogP contribution < -0.4 is 14.8 Å². The summed E-state index contributed by atoms with van der Waals surface area (Å²) in [6.45, 7) is 3.68. The van der Waals surface area contributed by atoms with Gasteiger partial charge in [-0.05, 0) is 0 Å². The minimum atomic E-state index is 0.0317. The van der Waals surface area contributed by atoms with Crippen molar-refractivity contribution in [2.75, 3.05) is 51.4 Å². The molecular weight excluding hydrogens is 296 g/mol. The van der Waals surface area contributed by atoms with E-state index in [0.717, 1.165) is 0 Å². The number of rotatable bonds is 3. The molecule has 1 saturated heterocycles. The molecule has 6 nitrogen and oxygen atoms in total. The van der Waals surface area contributed by atoms with Crippen molar-refractivity contribution < 1.29 is 19.0 Å². The van der Waals surface area contributed by atoms with E-state index < -0.39 is 0 Å². The van der Waals surface area contributed by atoms with Crippen molar-refractivity contribution >= 4 is 23.2 Å². The molecule has 1 aromatic rings. The lowest BCUT2D eigenvalue weighted by atomic mass is 10.2. The van der Waals surface area contributed by atoms with Gasteiger partial charge in [0, 0.05) is 25.2 Å². The Labute approximate surface area is 127 Å². The fourth-order valence-electron chi connectivity index (χ4n) is 2.29. The second-order valence-electron chi connectivity index (χ2n) is 4.82. The minimum Gasteiger partial charge on any atom is -0.486 e. The lowest BCUT2D eigenvalue weighted by Gasteiger charge is -2.27. The van der Waals surface area contributed by atoms with Crippen molar-refractivity contribution in [3.05, 3.63) is 17.2 Å². The predicted octanol–water partition coefficient (Wildman–Crippen LogP) is 1.38. The van der Waals surface area contributed by atoms with Crippen LogP contribution in [0.3, 0.4) is 0 Å². The van der Waals surface area contributed by atoms with E-state index in [1.807, 2.05) is 0 Å². The lowest BCUT2D eigenvalue weighted by Crippen LogP contribution is -2.43. The van der Waals surface area contributed by atoms with Gasteiger partial charge in [-0.15, -0.1) is 0 Å². The second-order valence-corrected chi connectivity index (χ2v) is 5.23. The topological polar surface area (TPSA) is 60.0 Å². The van der Waals surface area contributed by atoms with Crippen molar-refractivity contribution in [2.45, 2.75) is 0 Å². The van der Waals surface area contributed by atoms with E-state index in [4.69, 9.17) is 25.8 Å². The van der Waals surface area contributed by atoms with Gasteiger partial charge in [-0.25, -0.2) is 0 Å². The average Bonchev–Trinajstić information content (AvgIpc) is 2.53. The van der Waals surface area contributed by atoms with Crippen LogP contribution in [0.25, 0.3) is 0 Å². The fraction of sp³-hybridized carbons (Fsp3) is 0.500. The first kappa shape index (κ1) is 14.3. The molecule has 2 heterocycles. The number of hydrogen-bond donors (Lipinski definition) is 1. The number of morpholine rings is 1. The largest absolute Gasteiger partial charge is 0.486 e. The minimum absolute atomic E-state index is 0.0317. The van der Waals surface area contributed by atoms with Gasteiger partial charge in [0.15, 0.2) is 11.5 Å². The van der Waals surface area contributed by atoms with E-state index in [1.165, 1.54) is 0 Å². The Balaban J connectivity index is 1.63. The summed E-state index contributed by atoms with van der Waals surface area (Å²) in [4.78, 5) is 13.9. The van der Waals surface area contributed by atoms with Gasteiger partial charge in [0.05, 0.1) is 30.5 Å². The molecule has 1 fully saturated rings. The average molecular weight is 313 g/mol. The normalized spacial score (nSPS) is 17.5. The number of fused-ring (bicyclic) bond motifs is 1. The van der Waals surface area contributed by atoms with E-state index in [1.54, 1.807) is 17.0 Å². The van der Waals surface area contributed by atoms with E-state index in [2.05, 4.69) is 5.32 Å². The highest BCUT2D eigenvalue weighted by atomic mass is 35.5. The number of carbonyl (C=O) groups is 1. The van der Waals surface area contributed by atoms with Gasteiger partial charge in [-0.1, -0.05) is 11.6 Å². The summed E-state index contributed by atoms with van der Waals surface area (Å²) in [6, 6.07) is 3.47. The third-order valence-electron chi connectivity index (χ3n) is 3.43. The fourth-order valence-corrected chi connectivity index (χ4v) is 2.52. The van der Waals surface area contributed by atoms with Crippen molar-refractivity contribution in [2.24, 2.45) is 0 Å². The maximum Gasteiger partial charge on any atom is 0.242 e. The van der Waals surface area contributed by atoms with Crippen LogP contribution in [0.4, 0.5) is 5.69 Å². The first-order chi connectivity index (χ1) is 10.2. The van der Waals surface area contributed by atoms with Crippen molar-refractivity contribution in [3.8, 4) is 11.5 Å². The molecule has 1 amide bonds. The molecule has 2 aliphatic heterocycles. The molecule has 0 bridgehead atoms. The molecule has 0 aliphatic carbocycles. The highest BCUT2D eigenvalue weighted by Crippen LogP contribution is 2.37. The summed E-state index contributed by atoms with van der Waals surface area (Å²) in [5, 5.41) is 3.57. The molecule has 2 aliphatic rings. The van der Waals surface area contributed by atoms with Gasteiger partial charge in [-0.2, -0.15) is 0 Å². The first-order valence-electron chi connectivity index (χ1n) is 6.92. The SMILES string of the molecule is O=C(CNc1cc2c(cc1Cl)OCCO2)N1CCOCC1. The molecule has 1 aromatic carbocycles. The van der Waals surface area contributed by atoms with Crippen LogP contribution in [0.1, 0.15) is 0 Å². The smallest absolute Gasteiger partial charge is 0.242 e. The van der Waals surface area contributed by atoms with Crippen LogP contribution in [-0.2, 0) is 9.53 Å². The van der Waals surface area contributed by atoms with Crippen LogP contribution >= 0.6 is 11.6 Å². The standard InChI is InChI=1S/C14H17ClN2O4/c15-10-7-12-13(21-6-5-20-12)8-11(10)16-9-14(18)17-1-3-19-4-2-17/h7-8,16H,1-6,9H2. The van der Waals surface area contributed by atoms with Gasteiger partial charge < -0.3 is 24.4 Å². The number of halogens is 1. The summed E-state index contributed by atoms with van der Waals surface area (Å²) >= 11 is 6.19. The van der Waals surface area contributed by atoms with Crippen LogP contribution in [0.2, 0.25) is 5.02 Å². The number of hydrogen-bond acceptors (Lipinski definition) is 5. The summed E-state index contributed by atoms with van der Waals surface area (Å²) in [5.41, 5.74) is 0.669. The number of ether oxygens (including phenoxy) is 3. The molecule has 21 heavy (non-hydrogen) atoms. The van der Waals surface area contributed by atoms with Gasteiger partial charge in [0.1, 0.15) is 13.2 Å². The molecule has 0 saturated carbocycles. The number of anilines is 1. The zero-order valence-corrected chi connectivity index (χ0v) is 12.3. The summed E-state index contributed by atoms with van der Waals surface area (Å²) in [7, 11) is 0. The Kier molecular flexibility index (Phi) is 4.36. The number of carbonyl (C=O) groups excluding carboxylic acids is 1. The van der Waals surface area contributed by atoms with Crippen LogP contribution in [0.15, 0.2) is 12.1 Å². The predicted molar refractivity (Wildman–Crippen MR) is 78.3 cm³/mol. The van der Waals surface area contributed by atoms with Crippen molar-refractivity contribution in [3.63, 3.8) is 0 Å². The number of nitrogens with one attached hydrogen (secondary N) is 1. The molecular formula is C14H17ClN2O4.